The number of benzene rings is 1. The van der Waals surface area contributed by atoms with Crippen LogP contribution in [0.15, 0.2) is 24.3 Å². The lowest BCUT2D eigenvalue weighted by Gasteiger charge is -2.27. The van der Waals surface area contributed by atoms with E-state index in [1.54, 1.807) is 0 Å². The van der Waals surface area contributed by atoms with Crippen molar-refractivity contribution in [3.63, 3.8) is 0 Å². The fraction of sp³-hybridized carbons (Fsp3) is 0.462. The summed E-state index contributed by atoms with van der Waals surface area (Å²) in [5.74, 6) is -0.786. The molecular formula is C13H19NO2. The van der Waals surface area contributed by atoms with Crippen molar-refractivity contribution in [1.82, 2.24) is 0 Å². The molecule has 2 N–H and O–H groups in total. The highest BCUT2D eigenvalue weighted by Gasteiger charge is 2.21. The van der Waals surface area contributed by atoms with E-state index in [1.807, 2.05) is 32.0 Å². The molecule has 3 heteroatoms. The fourth-order valence-corrected chi connectivity index (χ4v) is 1.74. The van der Waals surface area contributed by atoms with Crippen LogP contribution in [0.1, 0.15) is 32.8 Å². The smallest absolute Gasteiger partial charge is 0.305 e. The van der Waals surface area contributed by atoms with Gasteiger partial charge in [-0.1, -0.05) is 25.1 Å². The lowest BCUT2D eigenvalue weighted by atomic mass is 9.99. The lowest BCUT2D eigenvalue weighted by Crippen LogP contribution is -2.34. The Bertz CT molecular complexity index is 372. The molecule has 0 aliphatic heterocycles. The number of carbonyl (C=O) groups is 1. The van der Waals surface area contributed by atoms with Gasteiger partial charge in [-0.2, -0.15) is 0 Å². The van der Waals surface area contributed by atoms with E-state index in [2.05, 4.69) is 18.3 Å². The molecule has 0 fully saturated rings. The van der Waals surface area contributed by atoms with E-state index >= 15 is 0 Å². The summed E-state index contributed by atoms with van der Waals surface area (Å²) in [5, 5.41) is 12.1. The second kappa shape index (κ2) is 5.01. The average Bonchev–Trinajstić information content (AvgIpc) is 2.15. The van der Waals surface area contributed by atoms with Crippen LogP contribution in [0.2, 0.25) is 0 Å². The molecule has 0 spiro atoms. The van der Waals surface area contributed by atoms with Crippen molar-refractivity contribution in [3.05, 3.63) is 29.8 Å². The first-order chi connectivity index (χ1) is 7.44. The van der Waals surface area contributed by atoms with Crippen molar-refractivity contribution in [2.75, 3.05) is 5.32 Å². The van der Waals surface area contributed by atoms with Crippen molar-refractivity contribution in [1.29, 1.82) is 0 Å². The molecule has 3 nitrogen and oxygen atoms in total. The van der Waals surface area contributed by atoms with Crippen LogP contribution in [-0.4, -0.2) is 16.6 Å². The number of anilines is 1. The molecule has 0 heterocycles. The largest absolute Gasteiger partial charge is 0.481 e. The lowest BCUT2D eigenvalue weighted by molar-refractivity contribution is -0.137. The van der Waals surface area contributed by atoms with Crippen molar-refractivity contribution in [2.24, 2.45) is 0 Å². The Hall–Kier alpha value is -1.51. The van der Waals surface area contributed by atoms with Crippen LogP contribution in [0.5, 0.6) is 0 Å². The summed E-state index contributed by atoms with van der Waals surface area (Å²) in [6.45, 7) is 5.88. The number of rotatable bonds is 5. The van der Waals surface area contributed by atoms with Crippen molar-refractivity contribution >= 4 is 11.7 Å². The van der Waals surface area contributed by atoms with Crippen LogP contribution in [0.25, 0.3) is 0 Å². The number of carboxylic acids is 1. The number of hydrogen-bond donors (Lipinski definition) is 2. The summed E-state index contributed by atoms with van der Waals surface area (Å²) in [7, 11) is 0. The van der Waals surface area contributed by atoms with Gasteiger partial charge in [0.15, 0.2) is 0 Å². The number of hydrogen-bond acceptors (Lipinski definition) is 2. The Morgan fingerprint density at radius 3 is 2.56 bits per heavy atom. The summed E-state index contributed by atoms with van der Waals surface area (Å²) in [6.07, 6.45) is 1.04. The Morgan fingerprint density at radius 2 is 2.00 bits per heavy atom. The molecule has 88 valence electrons. The molecule has 0 radical (unpaired) electrons. The minimum absolute atomic E-state index is 0.102. The van der Waals surface area contributed by atoms with Crippen molar-refractivity contribution < 1.29 is 9.90 Å². The highest BCUT2D eigenvalue weighted by molar-refractivity contribution is 5.69. The molecule has 1 aromatic rings. The molecule has 0 aliphatic carbocycles. The van der Waals surface area contributed by atoms with Crippen LogP contribution < -0.4 is 5.32 Å². The first-order valence-electron chi connectivity index (χ1n) is 5.52. The number of aliphatic carboxylic acids is 1. The maximum absolute atomic E-state index is 10.7. The predicted octanol–water partition coefficient (Wildman–Crippen LogP) is 2.91. The number of carboxylic acid groups (broad SMARTS) is 1. The van der Waals surface area contributed by atoms with E-state index in [-0.39, 0.29) is 6.42 Å². The minimum atomic E-state index is -0.786. The molecule has 0 aromatic heterocycles. The van der Waals surface area contributed by atoms with Crippen LogP contribution in [0, 0.1) is 0 Å². The monoisotopic (exact) mass is 221 g/mol. The second-order valence-electron chi connectivity index (χ2n) is 4.59. The van der Waals surface area contributed by atoms with Crippen LogP contribution >= 0.6 is 0 Å². The van der Waals surface area contributed by atoms with Gasteiger partial charge in [0.2, 0.25) is 0 Å². The molecule has 0 amide bonds. The molecule has 0 bridgehead atoms. The molecule has 1 aromatic carbocycles. The van der Waals surface area contributed by atoms with E-state index in [1.165, 1.54) is 5.56 Å². The standard InChI is InChI=1S/C13H19NO2/c1-4-10-7-5-6-8-11(10)14-13(2,3)9-12(15)16/h5-8,14H,4,9H2,1-3H3,(H,15,16). The maximum Gasteiger partial charge on any atom is 0.305 e. The SMILES string of the molecule is CCc1ccccc1NC(C)(C)CC(=O)O. The third-order valence-corrected chi connectivity index (χ3v) is 2.46. The first kappa shape index (κ1) is 12.6. The third-order valence-electron chi connectivity index (χ3n) is 2.46. The van der Waals surface area contributed by atoms with Gasteiger partial charge in [0.05, 0.1) is 6.42 Å². The Balaban J connectivity index is 2.82. The zero-order valence-corrected chi connectivity index (χ0v) is 10.1. The fourth-order valence-electron chi connectivity index (χ4n) is 1.74. The van der Waals surface area contributed by atoms with Crippen LogP contribution in [0.4, 0.5) is 5.69 Å². The molecule has 0 aliphatic rings. The third kappa shape index (κ3) is 3.57. The van der Waals surface area contributed by atoms with Gasteiger partial charge in [-0.05, 0) is 31.9 Å². The number of aryl methyl sites for hydroxylation is 1. The van der Waals surface area contributed by atoms with Crippen LogP contribution in [0.3, 0.4) is 0 Å². The molecule has 0 saturated heterocycles. The van der Waals surface area contributed by atoms with Gasteiger partial charge >= 0.3 is 5.97 Å². The Labute approximate surface area is 96.5 Å². The molecular weight excluding hydrogens is 202 g/mol. The highest BCUT2D eigenvalue weighted by Crippen LogP contribution is 2.22. The normalized spacial score (nSPS) is 11.2. The summed E-state index contributed by atoms with van der Waals surface area (Å²) in [6, 6.07) is 7.99. The summed E-state index contributed by atoms with van der Waals surface area (Å²) in [5.41, 5.74) is 1.80. The highest BCUT2D eigenvalue weighted by atomic mass is 16.4. The molecule has 16 heavy (non-hydrogen) atoms. The molecule has 1 rings (SSSR count). The average molecular weight is 221 g/mol. The minimum Gasteiger partial charge on any atom is -0.481 e. The second-order valence-corrected chi connectivity index (χ2v) is 4.59. The molecule has 0 atom stereocenters. The zero-order chi connectivity index (χ0) is 12.2. The van der Waals surface area contributed by atoms with Gasteiger partial charge in [0, 0.05) is 11.2 Å². The predicted molar refractivity (Wildman–Crippen MR) is 65.8 cm³/mol. The van der Waals surface area contributed by atoms with Crippen molar-refractivity contribution in [3.8, 4) is 0 Å². The number of nitrogens with one attached hydrogen (secondary N) is 1. The summed E-state index contributed by atoms with van der Waals surface area (Å²) < 4.78 is 0. The Morgan fingerprint density at radius 1 is 1.38 bits per heavy atom. The molecule has 0 unspecified atom stereocenters. The molecule has 0 saturated carbocycles. The number of para-hydroxylation sites is 1. The maximum atomic E-state index is 10.7. The quantitative estimate of drug-likeness (QED) is 0.803. The van der Waals surface area contributed by atoms with Gasteiger partial charge in [0.1, 0.15) is 0 Å². The summed E-state index contributed by atoms with van der Waals surface area (Å²) in [4.78, 5) is 10.7. The van der Waals surface area contributed by atoms with Gasteiger partial charge in [-0.25, -0.2) is 0 Å². The Kier molecular flexibility index (Phi) is 3.93. The van der Waals surface area contributed by atoms with E-state index < -0.39 is 11.5 Å². The van der Waals surface area contributed by atoms with E-state index in [9.17, 15) is 4.79 Å². The van der Waals surface area contributed by atoms with Crippen molar-refractivity contribution in [2.45, 2.75) is 39.2 Å². The van der Waals surface area contributed by atoms with Gasteiger partial charge in [-0.15, -0.1) is 0 Å². The van der Waals surface area contributed by atoms with Gasteiger partial charge in [-0.3, -0.25) is 4.79 Å². The zero-order valence-electron chi connectivity index (χ0n) is 10.1. The van der Waals surface area contributed by atoms with E-state index in [0.717, 1.165) is 12.1 Å². The topological polar surface area (TPSA) is 49.3 Å². The summed E-state index contributed by atoms with van der Waals surface area (Å²) >= 11 is 0. The first-order valence-corrected chi connectivity index (χ1v) is 5.52. The van der Waals surface area contributed by atoms with Gasteiger partial charge in [0.25, 0.3) is 0 Å². The van der Waals surface area contributed by atoms with Gasteiger partial charge < -0.3 is 10.4 Å². The van der Waals surface area contributed by atoms with E-state index in [0.29, 0.717) is 0 Å². The van der Waals surface area contributed by atoms with Crippen LogP contribution in [-0.2, 0) is 11.2 Å². The van der Waals surface area contributed by atoms with E-state index in [4.69, 9.17) is 5.11 Å².